The molecule has 0 heterocycles. The second-order valence-corrected chi connectivity index (χ2v) is 6.30. The SMILES string of the molecule is COc1cc([N+](=O)[O-])ccc1NC(=O)[C@H](C)[NH+](C)Cc1ccccc1C. The molecule has 0 saturated carbocycles. The van der Waals surface area contributed by atoms with Gasteiger partial charge in [0, 0.05) is 11.6 Å². The second kappa shape index (κ2) is 8.44. The fourth-order valence-corrected chi connectivity index (χ4v) is 2.62. The number of carbonyl (C=O) groups excluding carboxylic acids is 1. The molecule has 0 fully saturated rings. The van der Waals surface area contributed by atoms with Crippen molar-refractivity contribution in [2.45, 2.75) is 26.4 Å². The van der Waals surface area contributed by atoms with E-state index in [0.29, 0.717) is 5.69 Å². The standard InChI is InChI=1S/C19H23N3O4/c1-13-7-5-6-8-15(13)12-21(3)14(2)19(23)20-17-10-9-16(22(24)25)11-18(17)26-4/h5-11,14H,12H2,1-4H3,(H,20,23)/p+1/t14-/m0/s1. The lowest BCUT2D eigenvalue weighted by Gasteiger charge is -2.22. The molecule has 2 atom stereocenters. The van der Waals surface area contributed by atoms with Gasteiger partial charge in [-0.25, -0.2) is 0 Å². The molecule has 2 N–H and O–H groups in total. The minimum Gasteiger partial charge on any atom is -0.494 e. The van der Waals surface area contributed by atoms with Gasteiger partial charge in [-0.3, -0.25) is 14.9 Å². The maximum Gasteiger partial charge on any atom is 0.282 e. The zero-order valence-corrected chi connectivity index (χ0v) is 15.4. The monoisotopic (exact) mass is 358 g/mol. The molecule has 1 amide bonds. The molecule has 7 nitrogen and oxygen atoms in total. The normalized spacial score (nSPS) is 12.9. The molecule has 0 radical (unpaired) electrons. The highest BCUT2D eigenvalue weighted by Gasteiger charge is 2.24. The first-order chi connectivity index (χ1) is 12.3. The molecule has 26 heavy (non-hydrogen) atoms. The maximum absolute atomic E-state index is 12.6. The van der Waals surface area contributed by atoms with Crippen LogP contribution >= 0.6 is 0 Å². The van der Waals surface area contributed by atoms with Crippen molar-refractivity contribution >= 4 is 17.3 Å². The number of benzene rings is 2. The quantitative estimate of drug-likeness (QED) is 0.585. The Bertz CT molecular complexity index is 807. The minimum absolute atomic E-state index is 0.0878. The number of nitro benzene ring substituents is 1. The van der Waals surface area contributed by atoms with Gasteiger partial charge in [0.2, 0.25) is 0 Å². The third kappa shape index (κ3) is 4.58. The Labute approximate surface area is 152 Å². The van der Waals surface area contributed by atoms with Crippen molar-refractivity contribution in [3.8, 4) is 5.75 Å². The molecule has 138 valence electrons. The Morgan fingerprint density at radius 3 is 2.62 bits per heavy atom. The van der Waals surface area contributed by atoms with E-state index in [1.165, 1.54) is 36.4 Å². The highest BCUT2D eigenvalue weighted by atomic mass is 16.6. The van der Waals surface area contributed by atoms with Crippen molar-refractivity contribution in [2.75, 3.05) is 19.5 Å². The van der Waals surface area contributed by atoms with Gasteiger partial charge in [0.25, 0.3) is 11.6 Å². The Morgan fingerprint density at radius 1 is 1.31 bits per heavy atom. The van der Waals surface area contributed by atoms with Crippen LogP contribution in [0.1, 0.15) is 18.1 Å². The fourth-order valence-electron chi connectivity index (χ4n) is 2.62. The molecule has 2 aromatic rings. The highest BCUT2D eigenvalue weighted by Crippen LogP contribution is 2.28. The topological polar surface area (TPSA) is 85.9 Å². The van der Waals surface area contributed by atoms with Crippen LogP contribution in [0, 0.1) is 17.0 Å². The number of carbonyl (C=O) groups is 1. The smallest absolute Gasteiger partial charge is 0.282 e. The number of anilines is 1. The van der Waals surface area contributed by atoms with Crippen LogP contribution < -0.4 is 15.0 Å². The summed E-state index contributed by atoms with van der Waals surface area (Å²) >= 11 is 0. The van der Waals surface area contributed by atoms with Gasteiger partial charge in [-0.05, 0) is 25.5 Å². The molecule has 0 aromatic heterocycles. The van der Waals surface area contributed by atoms with E-state index in [2.05, 4.69) is 24.4 Å². The summed E-state index contributed by atoms with van der Waals surface area (Å²) in [4.78, 5) is 24.0. The van der Waals surface area contributed by atoms with Crippen molar-refractivity contribution in [2.24, 2.45) is 0 Å². The van der Waals surface area contributed by atoms with Gasteiger partial charge in [-0.15, -0.1) is 0 Å². The Hall–Kier alpha value is -2.93. The molecule has 2 rings (SSSR count). The van der Waals surface area contributed by atoms with Crippen molar-refractivity contribution in [3.63, 3.8) is 0 Å². The van der Waals surface area contributed by atoms with Gasteiger partial charge in [-0.2, -0.15) is 0 Å². The number of hydrogen-bond donors (Lipinski definition) is 2. The molecule has 0 spiro atoms. The first-order valence-corrected chi connectivity index (χ1v) is 8.33. The number of methoxy groups -OCH3 is 1. The van der Waals surface area contributed by atoms with E-state index < -0.39 is 4.92 Å². The van der Waals surface area contributed by atoms with Gasteiger partial charge in [0.15, 0.2) is 6.04 Å². The Morgan fingerprint density at radius 2 is 2.00 bits per heavy atom. The number of hydrogen-bond acceptors (Lipinski definition) is 4. The van der Waals surface area contributed by atoms with Gasteiger partial charge in [0.1, 0.15) is 12.3 Å². The van der Waals surface area contributed by atoms with E-state index in [4.69, 9.17) is 4.74 Å². The number of ether oxygens (including phenoxy) is 1. The summed E-state index contributed by atoms with van der Waals surface area (Å²) in [7, 11) is 3.37. The summed E-state index contributed by atoms with van der Waals surface area (Å²) in [5, 5.41) is 13.7. The van der Waals surface area contributed by atoms with Crippen LogP contribution in [0.3, 0.4) is 0 Å². The minimum atomic E-state index is -0.503. The number of nitrogens with zero attached hydrogens (tertiary/aromatic N) is 1. The number of non-ortho nitro benzene ring substituents is 1. The summed E-state index contributed by atoms with van der Waals surface area (Å²) in [6, 6.07) is 11.9. The Balaban J connectivity index is 2.09. The van der Waals surface area contributed by atoms with Crippen LogP contribution in [-0.4, -0.2) is 31.0 Å². The lowest BCUT2D eigenvalue weighted by atomic mass is 10.1. The average Bonchev–Trinajstić information content (AvgIpc) is 2.62. The van der Waals surface area contributed by atoms with Crippen LogP contribution in [0.2, 0.25) is 0 Å². The highest BCUT2D eigenvalue weighted by molar-refractivity contribution is 5.95. The van der Waals surface area contributed by atoms with Crippen molar-refractivity contribution in [1.29, 1.82) is 0 Å². The number of amides is 1. The molecular formula is C19H24N3O4+. The molecule has 0 aliphatic heterocycles. The van der Waals surface area contributed by atoms with E-state index in [-0.39, 0.29) is 23.4 Å². The number of nitrogens with one attached hydrogen (secondary N) is 2. The summed E-state index contributed by atoms with van der Waals surface area (Å²) < 4.78 is 5.16. The van der Waals surface area contributed by atoms with E-state index in [0.717, 1.165) is 11.4 Å². The van der Waals surface area contributed by atoms with E-state index in [9.17, 15) is 14.9 Å². The van der Waals surface area contributed by atoms with Crippen LogP contribution in [0.5, 0.6) is 5.75 Å². The van der Waals surface area contributed by atoms with Crippen LogP contribution in [-0.2, 0) is 11.3 Å². The number of aryl methyl sites for hydroxylation is 1. The molecule has 0 bridgehead atoms. The molecule has 0 saturated heterocycles. The van der Waals surface area contributed by atoms with Gasteiger partial charge < -0.3 is 15.0 Å². The summed E-state index contributed by atoms with van der Waals surface area (Å²) in [6.45, 7) is 4.62. The summed E-state index contributed by atoms with van der Waals surface area (Å²) in [5.41, 5.74) is 2.71. The molecule has 2 aromatic carbocycles. The van der Waals surface area contributed by atoms with Crippen LogP contribution in [0.4, 0.5) is 11.4 Å². The van der Waals surface area contributed by atoms with Crippen LogP contribution in [0.25, 0.3) is 0 Å². The first kappa shape index (κ1) is 19.4. The number of likely N-dealkylation sites (N-methyl/N-ethyl adjacent to an activating group) is 1. The van der Waals surface area contributed by atoms with E-state index >= 15 is 0 Å². The third-order valence-corrected chi connectivity index (χ3v) is 4.52. The van der Waals surface area contributed by atoms with E-state index in [1.807, 2.05) is 26.1 Å². The number of quaternary nitrogens is 1. The lowest BCUT2D eigenvalue weighted by molar-refractivity contribution is -0.907. The molecule has 7 heteroatoms. The van der Waals surface area contributed by atoms with Gasteiger partial charge in [0.05, 0.1) is 30.8 Å². The number of nitro groups is 1. The number of rotatable bonds is 7. The average molecular weight is 358 g/mol. The third-order valence-electron chi connectivity index (χ3n) is 4.52. The predicted octanol–water partition coefficient (Wildman–Crippen LogP) is 1.95. The molecular weight excluding hydrogens is 334 g/mol. The lowest BCUT2D eigenvalue weighted by Crippen LogP contribution is -3.12. The zero-order valence-electron chi connectivity index (χ0n) is 15.4. The maximum atomic E-state index is 12.6. The molecule has 0 aliphatic rings. The largest absolute Gasteiger partial charge is 0.494 e. The molecule has 1 unspecified atom stereocenters. The summed E-state index contributed by atoms with van der Waals surface area (Å²) in [5.74, 6) is 0.0829. The van der Waals surface area contributed by atoms with E-state index in [1.54, 1.807) is 0 Å². The predicted molar refractivity (Wildman–Crippen MR) is 99.5 cm³/mol. The summed E-state index contributed by atoms with van der Waals surface area (Å²) in [6.07, 6.45) is 0. The van der Waals surface area contributed by atoms with Crippen LogP contribution in [0.15, 0.2) is 42.5 Å². The van der Waals surface area contributed by atoms with Gasteiger partial charge >= 0.3 is 0 Å². The van der Waals surface area contributed by atoms with Gasteiger partial charge in [-0.1, -0.05) is 24.3 Å². The first-order valence-electron chi connectivity index (χ1n) is 8.33. The van der Waals surface area contributed by atoms with Crippen molar-refractivity contribution in [3.05, 3.63) is 63.7 Å². The second-order valence-electron chi connectivity index (χ2n) is 6.30. The Kier molecular flexibility index (Phi) is 6.30. The molecule has 0 aliphatic carbocycles. The van der Waals surface area contributed by atoms with Crippen molar-refractivity contribution < 1.29 is 19.4 Å². The fraction of sp³-hybridized carbons (Fsp3) is 0.316. The zero-order chi connectivity index (χ0) is 19.3. The van der Waals surface area contributed by atoms with Crippen molar-refractivity contribution in [1.82, 2.24) is 0 Å².